The number of carbonyl (C=O) groups excluding carboxylic acids is 1. The second-order valence-electron chi connectivity index (χ2n) is 4.44. The molecule has 0 aliphatic rings. The fourth-order valence-corrected chi connectivity index (χ4v) is 2.28. The van der Waals surface area contributed by atoms with Gasteiger partial charge in [0.05, 0.1) is 5.75 Å². The Labute approximate surface area is 113 Å². The van der Waals surface area contributed by atoms with Gasteiger partial charge in [0, 0.05) is 17.5 Å². The number of amides is 1. The Bertz CT molecular complexity index is 365. The Morgan fingerprint density at radius 2 is 2.06 bits per heavy atom. The van der Waals surface area contributed by atoms with Crippen LogP contribution < -0.4 is 5.32 Å². The first kappa shape index (κ1) is 15.1. The minimum atomic E-state index is 0.0472. The molecule has 18 heavy (non-hydrogen) atoms. The lowest BCUT2D eigenvalue weighted by Crippen LogP contribution is -2.33. The first-order valence-corrected chi connectivity index (χ1v) is 7.20. The average Bonchev–Trinajstić information content (AvgIpc) is 2.35. The molecule has 4 heteroatoms. The maximum Gasteiger partial charge on any atom is 0.230 e. The standard InChI is InChI=1S/C14H21NO2S/c1-11-5-7-13(8-6-11)18-10-14(17)15-12(2)4-3-9-16/h5-8,12,16H,3-4,9-10H2,1-2H3,(H,15,17). The van der Waals surface area contributed by atoms with Crippen molar-refractivity contribution < 1.29 is 9.90 Å². The van der Waals surface area contributed by atoms with Crippen LogP contribution in [0.3, 0.4) is 0 Å². The maximum absolute atomic E-state index is 11.7. The lowest BCUT2D eigenvalue weighted by molar-refractivity contribution is -0.119. The van der Waals surface area contributed by atoms with Crippen molar-refractivity contribution in [2.45, 2.75) is 37.6 Å². The van der Waals surface area contributed by atoms with Crippen LogP contribution >= 0.6 is 11.8 Å². The Balaban J connectivity index is 2.26. The minimum absolute atomic E-state index is 0.0472. The normalized spacial score (nSPS) is 12.2. The summed E-state index contributed by atoms with van der Waals surface area (Å²) in [6, 6.07) is 8.28. The fraction of sp³-hybridized carbons (Fsp3) is 0.500. The molecule has 1 aromatic carbocycles. The molecule has 0 radical (unpaired) electrons. The van der Waals surface area contributed by atoms with E-state index in [1.165, 1.54) is 5.56 Å². The lowest BCUT2D eigenvalue weighted by atomic mass is 10.2. The molecular weight excluding hydrogens is 246 g/mol. The van der Waals surface area contributed by atoms with Crippen LogP contribution in [0.25, 0.3) is 0 Å². The van der Waals surface area contributed by atoms with Crippen molar-refractivity contribution >= 4 is 17.7 Å². The quantitative estimate of drug-likeness (QED) is 0.746. The number of hydrogen-bond donors (Lipinski definition) is 2. The molecule has 0 saturated heterocycles. The highest BCUT2D eigenvalue weighted by Crippen LogP contribution is 2.17. The van der Waals surface area contributed by atoms with Gasteiger partial charge in [-0.2, -0.15) is 0 Å². The van der Waals surface area contributed by atoms with E-state index < -0.39 is 0 Å². The zero-order chi connectivity index (χ0) is 13.4. The number of benzene rings is 1. The van der Waals surface area contributed by atoms with Crippen LogP contribution in [0.1, 0.15) is 25.3 Å². The summed E-state index contributed by atoms with van der Waals surface area (Å²) in [5.41, 5.74) is 1.22. The van der Waals surface area contributed by atoms with Gasteiger partial charge < -0.3 is 10.4 Å². The number of rotatable bonds is 7. The van der Waals surface area contributed by atoms with Crippen LogP contribution in [-0.4, -0.2) is 29.4 Å². The van der Waals surface area contributed by atoms with E-state index in [-0.39, 0.29) is 18.6 Å². The first-order valence-electron chi connectivity index (χ1n) is 6.21. The maximum atomic E-state index is 11.7. The second kappa shape index (κ2) is 8.16. The third kappa shape index (κ3) is 6.07. The summed E-state index contributed by atoms with van der Waals surface area (Å²) >= 11 is 1.54. The zero-order valence-corrected chi connectivity index (χ0v) is 11.8. The predicted molar refractivity (Wildman–Crippen MR) is 75.8 cm³/mol. The molecule has 2 N–H and O–H groups in total. The van der Waals surface area contributed by atoms with Crippen molar-refractivity contribution in [2.75, 3.05) is 12.4 Å². The number of carbonyl (C=O) groups is 1. The molecule has 0 saturated carbocycles. The van der Waals surface area contributed by atoms with Gasteiger partial charge in [0.15, 0.2) is 0 Å². The summed E-state index contributed by atoms with van der Waals surface area (Å²) in [7, 11) is 0. The van der Waals surface area contributed by atoms with E-state index in [0.29, 0.717) is 5.75 Å². The van der Waals surface area contributed by atoms with Crippen molar-refractivity contribution in [3.63, 3.8) is 0 Å². The van der Waals surface area contributed by atoms with Gasteiger partial charge in [0.2, 0.25) is 5.91 Å². The summed E-state index contributed by atoms with van der Waals surface area (Å²) in [6.07, 6.45) is 1.55. The molecule has 0 aliphatic heterocycles. The molecule has 0 aromatic heterocycles. The monoisotopic (exact) mass is 267 g/mol. The van der Waals surface area contributed by atoms with Crippen LogP contribution in [-0.2, 0) is 4.79 Å². The van der Waals surface area contributed by atoms with Gasteiger partial charge in [-0.05, 0) is 38.8 Å². The SMILES string of the molecule is Cc1ccc(SCC(=O)NC(C)CCCO)cc1. The van der Waals surface area contributed by atoms with E-state index in [9.17, 15) is 4.79 Å². The van der Waals surface area contributed by atoms with Crippen LogP contribution in [0.4, 0.5) is 0 Å². The Morgan fingerprint density at radius 3 is 2.67 bits per heavy atom. The lowest BCUT2D eigenvalue weighted by Gasteiger charge is -2.12. The third-order valence-corrected chi connectivity index (χ3v) is 3.61. The van der Waals surface area contributed by atoms with Crippen LogP contribution in [0.2, 0.25) is 0 Å². The van der Waals surface area contributed by atoms with Crippen molar-refractivity contribution in [3.05, 3.63) is 29.8 Å². The molecule has 1 rings (SSSR count). The number of aryl methyl sites for hydroxylation is 1. The number of hydrogen-bond acceptors (Lipinski definition) is 3. The van der Waals surface area contributed by atoms with Gasteiger partial charge in [-0.15, -0.1) is 11.8 Å². The number of aliphatic hydroxyl groups is 1. The second-order valence-corrected chi connectivity index (χ2v) is 5.48. The summed E-state index contributed by atoms with van der Waals surface area (Å²) < 4.78 is 0. The highest BCUT2D eigenvalue weighted by molar-refractivity contribution is 8.00. The van der Waals surface area contributed by atoms with Crippen molar-refractivity contribution in [3.8, 4) is 0 Å². The highest BCUT2D eigenvalue weighted by atomic mass is 32.2. The molecule has 0 fully saturated rings. The summed E-state index contributed by atoms with van der Waals surface area (Å²) in [5, 5.41) is 11.6. The summed E-state index contributed by atoms with van der Waals surface area (Å²) in [4.78, 5) is 12.8. The fourth-order valence-electron chi connectivity index (χ4n) is 1.57. The van der Waals surface area contributed by atoms with Crippen molar-refractivity contribution in [1.82, 2.24) is 5.32 Å². The van der Waals surface area contributed by atoms with Gasteiger partial charge in [-0.25, -0.2) is 0 Å². The molecule has 1 atom stereocenters. The molecule has 0 spiro atoms. The summed E-state index contributed by atoms with van der Waals surface area (Å²) in [6.45, 7) is 4.19. The first-order chi connectivity index (χ1) is 8.61. The van der Waals surface area contributed by atoms with Crippen molar-refractivity contribution in [1.29, 1.82) is 0 Å². The molecule has 0 heterocycles. The van der Waals surface area contributed by atoms with E-state index in [1.807, 2.05) is 38.1 Å². The molecule has 1 unspecified atom stereocenters. The number of thioether (sulfide) groups is 1. The molecule has 0 aliphatic carbocycles. The molecule has 0 bridgehead atoms. The largest absolute Gasteiger partial charge is 0.396 e. The summed E-state index contributed by atoms with van der Waals surface area (Å²) in [5.74, 6) is 0.484. The van der Waals surface area contributed by atoms with E-state index in [2.05, 4.69) is 5.32 Å². The highest BCUT2D eigenvalue weighted by Gasteiger charge is 2.07. The van der Waals surface area contributed by atoms with E-state index in [0.717, 1.165) is 17.7 Å². The Hall–Kier alpha value is -1.00. The van der Waals surface area contributed by atoms with Gasteiger partial charge in [0.1, 0.15) is 0 Å². The van der Waals surface area contributed by atoms with Crippen molar-refractivity contribution in [2.24, 2.45) is 0 Å². The third-order valence-electron chi connectivity index (χ3n) is 2.59. The van der Waals surface area contributed by atoms with Gasteiger partial charge in [0.25, 0.3) is 0 Å². The van der Waals surface area contributed by atoms with Gasteiger partial charge in [-0.1, -0.05) is 17.7 Å². The van der Waals surface area contributed by atoms with E-state index in [1.54, 1.807) is 11.8 Å². The number of nitrogens with one attached hydrogen (secondary N) is 1. The molecule has 3 nitrogen and oxygen atoms in total. The number of aliphatic hydroxyl groups excluding tert-OH is 1. The molecule has 100 valence electrons. The molecule has 1 aromatic rings. The van der Waals surface area contributed by atoms with Gasteiger partial charge in [-0.3, -0.25) is 4.79 Å². The van der Waals surface area contributed by atoms with Crippen LogP contribution in [0, 0.1) is 6.92 Å². The van der Waals surface area contributed by atoms with E-state index in [4.69, 9.17) is 5.11 Å². The topological polar surface area (TPSA) is 49.3 Å². The molecular formula is C14H21NO2S. The predicted octanol–water partition coefficient (Wildman–Crippen LogP) is 2.36. The smallest absolute Gasteiger partial charge is 0.230 e. The Kier molecular flexibility index (Phi) is 6.83. The van der Waals surface area contributed by atoms with Crippen LogP contribution in [0.5, 0.6) is 0 Å². The van der Waals surface area contributed by atoms with Gasteiger partial charge >= 0.3 is 0 Å². The molecule has 1 amide bonds. The van der Waals surface area contributed by atoms with Crippen LogP contribution in [0.15, 0.2) is 29.2 Å². The minimum Gasteiger partial charge on any atom is -0.396 e. The Morgan fingerprint density at radius 1 is 1.39 bits per heavy atom. The average molecular weight is 267 g/mol. The van der Waals surface area contributed by atoms with E-state index >= 15 is 0 Å². The zero-order valence-electron chi connectivity index (χ0n) is 11.0.